The van der Waals surface area contributed by atoms with Gasteiger partial charge in [-0.25, -0.2) is 0 Å². The van der Waals surface area contributed by atoms with Gasteiger partial charge in [0, 0.05) is 0 Å². The van der Waals surface area contributed by atoms with E-state index in [0.29, 0.717) is 0 Å². The Morgan fingerprint density at radius 3 is 2.27 bits per heavy atom. The molecule has 0 aliphatic heterocycles. The van der Waals surface area contributed by atoms with Crippen molar-refractivity contribution in [2.45, 2.75) is 12.8 Å². The average molecular weight is 341 g/mol. The highest BCUT2D eigenvalue weighted by Crippen LogP contribution is 2.41. The second kappa shape index (κ2) is 7.09. The van der Waals surface area contributed by atoms with Crippen LogP contribution in [0.2, 0.25) is 0 Å². The first-order valence-corrected chi connectivity index (χ1v) is 8.82. The summed E-state index contributed by atoms with van der Waals surface area (Å²) >= 11 is 0. The number of rotatable bonds is 4. The summed E-state index contributed by atoms with van der Waals surface area (Å²) in [6.45, 7) is 0. The fraction of sp³-hybridized carbons (Fsp3) is 0.167. The Hall–Kier alpha value is -3.00. The molecule has 0 unspecified atom stereocenters. The van der Waals surface area contributed by atoms with Crippen LogP contribution in [0.1, 0.15) is 28.7 Å². The average Bonchev–Trinajstić information content (AvgIpc) is 2.73. The van der Waals surface area contributed by atoms with Gasteiger partial charge in [-0.2, -0.15) is 0 Å². The van der Waals surface area contributed by atoms with Crippen molar-refractivity contribution in [2.75, 3.05) is 14.2 Å². The molecule has 3 aromatic rings. The van der Waals surface area contributed by atoms with E-state index in [1.54, 1.807) is 14.2 Å². The molecule has 0 N–H and O–H groups in total. The van der Waals surface area contributed by atoms with Gasteiger partial charge in [-0.3, -0.25) is 0 Å². The van der Waals surface area contributed by atoms with E-state index in [1.807, 2.05) is 30.3 Å². The molecule has 2 heteroatoms. The minimum atomic E-state index is 0.878. The summed E-state index contributed by atoms with van der Waals surface area (Å²) in [5.41, 5.74) is 7.58. The molecule has 3 aromatic carbocycles. The van der Waals surface area contributed by atoms with Crippen LogP contribution in [0.3, 0.4) is 0 Å². The number of ether oxygens (including phenoxy) is 2. The van der Waals surface area contributed by atoms with Gasteiger partial charge in [-0.05, 0) is 76.6 Å². The summed E-state index contributed by atoms with van der Waals surface area (Å²) in [5.74, 6) is 1.79. The maximum absolute atomic E-state index is 5.42. The standard InChI is InChI=1S/C24H21O2/c1-25-20-11-8-17(9-12-20)22-14-10-19-16-21(26-2)13-15-23(19)24(22)18-6-4-3-5-7-18/h3-6,8-9,11-13,15-16H,10,14H2,1-2H3. The van der Waals surface area contributed by atoms with Crippen LogP contribution in [-0.4, -0.2) is 14.2 Å². The van der Waals surface area contributed by atoms with Crippen LogP contribution in [0.5, 0.6) is 11.5 Å². The van der Waals surface area contributed by atoms with Crippen molar-refractivity contribution >= 4 is 11.1 Å². The van der Waals surface area contributed by atoms with Crippen LogP contribution in [-0.2, 0) is 6.42 Å². The van der Waals surface area contributed by atoms with Crippen LogP contribution < -0.4 is 9.47 Å². The molecule has 129 valence electrons. The fourth-order valence-electron chi connectivity index (χ4n) is 3.63. The third-order valence-corrected chi connectivity index (χ3v) is 4.94. The second-order valence-electron chi connectivity index (χ2n) is 6.38. The first kappa shape index (κ1) is 16.5. The van der Waals surface area contributed by atoms with Crippen molar-refractivity contribution in [3.05, 3.63) is 95.1 Å². The molecular formula is C24H21O2. The molecule has 0 amide bonds. The lowest BCUT2D eigenvalue weighted by Crippen LogP contribution is -2.06. The zero-order chi connectivity index (χ0) is 17.9. The Bertz CT molecular complexity index is 938. The van der Waals surface area contributed by atoms with Gasteiger partial charge in [0.25, 0.3) is 0 Å². The maximum Gasteiger partial charge on any atom is 0.119 e. The van der Waals surface area contributed by atoms with Gasteiger partial charge in [-0.15, -0.1) is 0 Å². The Balaban J connectivity index is 1.92. The van der Waals surface area contributed by atoms with E-state index in [9.17, 15) is 0 Å². The van der Waals surface area contributed by atoms with Gasteiger partial charge >= 0.3 is 0 Å². The van der Waals surface area contributed by atoms with Crippen LogP contribution >= 0.6 is 0 Å². The maximum atomic E-state index is 5.42. The van der Waals surface area contributed by atoms with E-state index in [0.717, 1.165) is 29.9 Å². The minimum absolute atomic E-state index is 0.878. The summed E-state index contributed by atoms with van der Waals surface area (Å²) < 4.78 is 10.7. The van der Waals surface area contributed by atoms with Gasteiger partial charge in [0.15, 0.2) is 0 Å². The van der Waals surface area contributed by atoms with Crippen molar-refractivity contribution in [2.24, 2.45) is 0 Å². The zero-order valence-corrected chi connectivity index (χ0v) is 15.1. The lowest BCUT2D eigenvalue weighted by Gasteiger charge is -2.25. The molecule has 0 spiro atoms. The monoisotopic (exact) mass is 341 g/mol. The molecule has 2 nitrogen and oxygen atoms in total. The summed E-state index contributed by atoms with van der Waals surface area (Å²) in [7, 11) is 3.41. The highest BCUT2D eigenvalue weighted by atomic mass is 16.5. The molecular weight excluding hydrogens is 320 g/mol. The van der Waals surface area contributed by atoms with Crippen LogP contribution in [0.25, 0.3) is 11.1 Å². The summed E-state index contributed by atoms with van der Waals surface area (Å²) in [5, 5.41) is 0. The van der Waals surface area contributed by atoms with Crippen molar-refractivity contribution in [3.8, 4) is 11.5 Å². The van der Waals surface area contributed by atoms with Crippen molar-refractivity contribution in [1.29, 1.82) is 0 Å². The third kappa shape index (κ3) is 2.99. The van der Waals surface area contributed by atoms with Crippen molar-refractivity contribution in [3.63, 3.8) is 0 Å². The van der Waals surface area contributed by atoms with Crippen molar-refractivity contribution < 1.29 is 9.47 Å². The van der Waals surface area contributed by atoms with E-state index in [1.165, 1.54) is 27.8 Å². The fourth-order valence-corrected chi connectivity index (χ4v) is 3.63. The first-order chi connectivity index (χ1) is 12.8. The Morgan fingerprint density at radius 2 is 1.58 bits per heavy atom. The summed E-state index contributed by atoms with van der Waals surface area (Å²) in [4.78, 5) is 0. The largest absolute Gasteiger partial charge is 0.497 e. The Labute approximate surface area is 154 Å². The first-order valence-electron chi connectivity index (χ1n) is 8.82. The van der Waals surface area contributed by atoms with E-state index in [4.69, 9.17) is 9.47 Å². The highest BCUT2D eigenvalue weighted by Gasteiger charge is 2.22. The zero-order valence-electron chi connectivity index (χ0n) is 15.1. The van der Waals surface area contributed by atoms with Crippen molar-refractivity contribution in [1.82, 2.24) is 0 Å². The SMILES string of the molecule is COc1ccc(C2=C(c3[c]cccc3)c3ccc(OC)cc3CC2)cc1. The van der Waals surface area contributed by atoms with E-state index >= 15 is 0 Å². The third-order valence-electron chi connectivity index (χ3n) is 4.94. The normalized spacial score (nSPS) is 13.3. The Kier molecular flexibility index (Phi) is 4.49. The summed E-state index contributed by atoms with van der Waals surface area (Å²) in [6, 6.07) is 26.3. The molecule has 4 rings (SSSR count). The summed E-state index contributed by atoms with van der Waals surface area (Å²) in [6.07, 6.45) is 1.99. The Morgan fingerprint density at radius 1 is 0.808 bits per heavy atom. The van der Waals surface area contributed by atoms with E-state index in [2.05, 4.69) is 42.5 Å². The van der Waals surface area contributed by atoms with Gasteiger partial charge in [0.1, 0.15) is 11.5 Å². The minimum Gasteiger partial charge on any atom is -0.497 e. The molecule has 0 bridgehead atoms. The van der Waals surface area contributed by atoms with Gasteiger partial charge in [-0.1, -0.05) is 42.5 Å². The quantitative estimate of drug-likeness (QED) is 0.632. The molecule has 0 fully saturated rings. The topological polar surface area (TPSA) is 18.5 Å². The number of hydrogen-bond donors (Lipinski definition) is 0. The number of hydrogen-bond acceptors (Lipinski definition) is 2. The molecule has 0 saturated heterocycles. The highest BCUT2D eigenvalue weighted by molar-refractivity contribution is 6.00. The molecule has 1 radical (unpaired) electrons. The predicted molar refractivity (Wildman–Crippen MR) is 106 cm³/mol. The molecule has 0 heterocycles. The van der Waals surface area contributed by atoms with Crippen LogP contribution in [0.4, 0.5) is 0 Å². The number of aryl methyl sites for hydroxylation is 1. The van der Waals surface area contributed by atoms with Gasteiger partial charge in [0.05, 0.1) is 14.2 Å². The number of methoxy groups -OCH3 is 2. The number of allylic oxidation sites excluding steroid dienone is 1. The predicted octanol–water partition coefficient (Wildman–Crippen LogP) is 5.41. The smallest absolute Gasteiger partial charge is 0.119 e. The second-order valence-corrected chi connectivity index (χ2v) is 6.38. The van der Waals surface area contributed by atoms with Gasteiger partial charge in [0.2, 0.25) is 0 Å². The van der Waals surface area contributed by atoms with E-state index in [-0.39, 0.29) is 0 Å². The number of benzene rings is 3. The lowest BCUT2D eigenvalue weighted by molar-refractivity contribution is 0.414. The van der Waals surface area contributed by atoms with E-state index < -0.39 is 0 Å². The molecule has 0 aromatic heterocycles. The van der Waals surface area contributed by atoms with Crippen LogP contribution in [0.15, 0.2) is 66.7 Å². The molecule has 26 heavy (non-hydrogen) atoms. The van der Waals surface area contributed by atoms with Crippen LogP contribution in [0, 0.1) is 6.07 Å². The molecule has 0 saturated carbocycles. The molecule has 0 atom stereocenters. The molecule has 1 aliphatic carbocycles. The van der Waals surface area contributed by atoms with Gasteiger partial charge < -0.3 is 9.47 Å². The number of fused-ring (bicyclic) bond motifs is 1. The molecule has 1 aliphatic rings. The lowest BCUT2D eigenvalue weighted by atomic mass is 9.79.